The normalized spacial score (nSPS) is 10.4. The van der Waals surface area contributed by atoms with Crippen molar-refractivity contribution >= 4 is 21.4 Å². The highest BCUT2D eigenvalue weighted by Gasteiger charge is 2.09. The van der Waals surface area contributed by atoms with Crippen molar-refractivity contribution < 1.29 is 5.11 Å². The molecule has 1 aromatic carbocycles. The lowest BCUT2D eigenvalue weighted by atomic mass is 10.1. The SMILES string of the molecule is Cc1ccc(C#N)c2c(CO)csc12. The van der Waals surface area contributed by atoms with Crippen LogP contribution in [0.25, 0.3) is 10.1 Å². The molecule has 14 heavy (non-hydrogen) atoms. The van der Waals surface area contributed by atoms with Crippen LogP contribution < -0.4 is 0 Å². The smallest absolute Gasteiger partial charge is 0.0998 e. The molecule has 0 aliphatic carbocycles. The fourth-order valence-electron chi connectivity index (χ4n) is 1.56. The lowest BCUT2D eigenvalue weighted by molar-refractivity contribution is 0.284. The summed E-state index contributed by atoms with van der Waals surface area (Å²) in [6.07, 6.45) is 0. The van der Waals surface area contributed by atoms with E-state index in [2.05, 4.69) is 6.07 Å². The molecule has 0 amide bonds. The second-order valence-corrected chi connectivity index (χ2v) is 4.04. The van der Waals surface area contributed by atoms with Gasteiger partial charge in [0.15, 0.2) is 0 Å². The lowest BCUT2D eigenvalue weighted by Crippen LogP contribution is -1.84. The molecule has 70 valence electrons. The van der Waals surface area contributed by atoms with Crippen LogP contribution in [0.5, 0.6) is 0 Å². The molecule has 2 nitrogen and oxygen atoms in total. The summed E-state index contributed by atoms with van der Waals surface area (Å²) in [7, 11) is 0. The summed E-state index contributed by atoms with van der Waals surface area (Å²) in [5.74, 6) is 0. The van der Waals surface area contributed by atoms with Gasteiger partial charge in [0.05, 0.1) is 18.2 Å². The fourth-order valence-corrected chi connectivity index (χ4v) is 2.62. The summed E-state index contributed by atoms with van der Waals surface area (Å²) in [5.41, 5.74) is 2.66. The largest absolute Gasteiger partial charge is 0.392 e. The zero-order chi connectivity index (χ0) is 10.1. The van der Waals surface area contributed by atoms with E-state index in [1.165, 1.54) is 0 Å². The Bertz CT molecular complexity index is 522. The number of hydrogen-bond donors (Lipinski definition) is 1. The first-order valence-corrected chi connectivity index (χ1v) is 5.16. The van der Waals surface area contributed by atoms with Gasteiger partial charge in [0, 0.05) is 10.1 Å². The molecular weight excluding hydrogens is 194 g/mol. The summed E-state index contributed by atoms with van der Waals surface area (Å²) in [4.78, 5) is 0. The van der Waals surface area contributed by atoms with Crippen molar-refractivity contribution in [1.29, 1.82) is 5.26 Å². The van der Waals surface area contributed by atoms with Gasteiger partial charge in [-0.3, -0.25) is 0 Å². The number of rotatable bonds is 1. The summed E-state index contributed by atoms with van der Waals surface area (Å²) in [5, 5.41) is 20.9. The zero-order valence-electron chi connectivity index (χ0n) is 7.74. The van der Waals surface area contributed by atoms with Crippen molar-refractivity contribution in [2.24, 2.45) is 0 Å². The Morgan fingerprint density at radius 3 is 2.93 bits per heavy atom. The van der Waals surface area contributed by atoms with E-state index >= 15 is 0 Å². The fraction of sp³-hybridized carbons (Fsp3) is 0.182. The molecule has 1 heterocycles. The van der Waals surface area contributed by atoms with Crippen LogP contribution in [0.3, 0.4) is 0 Å². The lowest BCUT2D eigenvalue weighted by Gasteiger charge is -1.99. The molecule has 0 fully saturated rings. The standard InChI is InChI=1S/C11H9NOS/c1-7-2-3-8(4-12)10-9(5-13)6-14-11(7)10/h2-3,6,13H,5H2,1H3. The number of fused-ring (bicyclic) bond motifs is 1. The Morgan fingerprint density at radius 1 is 1.50 bits per heavy atom. The zero-order valence-corrected chi connectivity index (χ0v) is 8.56. The van der Waals surface area contributed by atoms with Gasteiger partial charge >= 0.3 is 0 Å². The molecule has 0 aliphatic rings. The first-order chi connectivity index (χ1) is 6.77. The summed E-state index contributed by atoms with van der Waals surface area (Å²) in [6, 6.07) is 5.91. The molecule has 0 unspecified atom stereocenters. The maximum Gasteiger partial charge on any atom is 0.0998 e. The number of benzene rings is 1. The van der Waals surface area contributed by atoms with Crippen molar-refractivity contribution in [3.05, 3.63) is 34.2 Å². The van der Waals surface area contributed by atoms with Crippen LogP contribution in [0, 0.1) is 18.3 Å². The third kappa shape index (κ3) is 1.20. The molecule has 3 heteroatoms. The number of nitriles is 1. The number of aryl methyl sites for hydroxylation is 1. The van der Waals surface area contributed by atoms with Crippen molar-refractivity contribution in [3.8, 4) is 6.07 Å². The highest BCUT2D eigenvalue weighted by molar-refractivity contribution is 7.17. The number of thiophene rings is 1. The Balaban J connectivity index is 2.90. The van der Waals surface area contributed by atoms with Crippen molar-refractivity contribution in [3.63, 3.8) is 0 Å². The third-order valence-corrected chi connectivity index (χ3v) is 3.45. The van der Waals surface area contributed by atoms with Crippen LogP contribution in [-0.2, 0) is 6.61 Å². The number of nitrogens with zero attached hydrogens (tertiary/aromatic N) is 1. The van der Waals surface area contributed by atoms with E-state index in [9.17, 15) is 0 Å². The highest BCUT2D eigenvalue weighted by Crippen LogP contribution is 2.31. The maximum absolute atomic E-state index is 9.13. The molecule has 2 rings (SSSR count). The molecule has 0 radical (unpaired) electrons. The van der Waals surface area contributed by atoms with E-state index in [0.29, 0.717) is 5.56 Å². The molecule has 0 saturated carbocycles. The van der Waals surface area contributed by atoms with Gasteiger partial charge in [-0.25, -0.2) is 0 Å². The van der Waals surface area contributed by atoms with Crippen molar-refractivity contribution in [2.45, 2.75) is 13.5 Å². The van der Waals surface area contributed by atoms with Crippen LogP contribution in [0.1, 0.15) is 16.7 Å². The minimum absolute atomic E-state index is 0.00185. The monoisotopic (exact) mass is 203 g/mol. The van der Waals surface area contributed by atoms with Gasteiger partial charge in [-0.05, 0) is 29.5 Å². The van der Waals surface area contributed by atoms with Gasteiger partial charge in [0.2, 0.25) is 0 Å². The summed E-state index contributed by atoms with van der Waals surface area (Å²) >= 11 is 1.58. The van der Waals surface area contributed by atoms with Gasteiger partial charge in [-0.15, -0.1) is 11.3 Å². The summed E-state index contributed by atoms with van der Waals surface area (Å²) < 4.78 is 1.10. The topological polar surface area (TPSA) is 44.0 Å². The van der Waals surface area contributed by atoms with E-state index < -0.39 is 0 Å². The van der Waals surface area contributed by atoms with Crippen LogP contribution in [0.4, 0.5) is 0 Å². The van der Waals surface area contributed by atoms with E-state index in [-0.39, 0.29) is 6.61 Å². The quantitative estimate of drug-likeness (QED) is 0.774. The van der Waals surface area contributed by atoms with E-state index in [4.69, 9.17) is 10.4 Å². The van der Waals surface area contributed by atoms with Crippen molar-refractivity contribution in [2.75, 3.05) is 0 Å². The number of hydrogen-bond acceptors (Lipinski definition) is 3. The molecule has 0 spiro atoms. The molecule has 2 aromatic rings. The van der Waals surface area contributed by atoms with Gasteiger partial charge in [-0.2, -0.15) is 5.26 Å². The van der Waals surface area contributed by atoms with E-state index in [1.807, 2.05) is 24.4 Å². The number of aliphatic hydroxyl groups is 1. The van der Waals surface area contributed by atoms with Gasteiger partial charge in [-0.1, -0.05) is 6.07 Å². The molecule has 0 aliphatic heterocycles. The molecular formula is C11H9NOS. The van der Waals surface area contributed by atoms with Crippen LogP contribution in [-0.4, -0.2) is 5.11 Å². The molecule has 1 aromatic heterocycles. The Morgan fingerprint density at radius 2 is 2.29 bits per heavy atom. The third-order valence-electron chi connectivity index (χ3n) is 2.29. The van der Waals surface area contributed by atoms with Gasteiger partial charge in [0.1, 0.15) is 0 Å². The minimum Gasteiger partial charge on any atom is -0.392 e. The second-order valence-electron chi connectivity index (χ2n) is 3.17. The molecule has 0 saturated heterocycles. The van der Waals surface area contributed by atoms with Crippen LogP contribution in [0.2, 0.25) is 0 Å². The highest BCUT2D eigenvalue weighted by atomic mass is 32.1. The maximum atomic E-state index is 9.13. The Labute approximate surface area is 86.0 Å². The second kappa shape index (κ2) is 3.41. The average molecular weight is 203 g/mol. The van der Waals surface area contributed by atoms with Crippen LogP contribution >= 0.6 is 11.3 Å². The van der Waals surface area contributed by atoms with E-state index in [0.717, 1.165) is 21.2 Å². The number of aliphatic hydroxyl groups excluding tert-OH is 1. The average Bonchev–Trinajstić information content (AvgIpc) is 2.63. The Hall–Kier alpha value is -1.37. The Kier molecular flexibility index (Phi) is 2.24. The molecule has 1 N–H and O–H groups in total. The first-order valence-electron chi connectivity index (χ1n) is 4.28. The van der Waals surface area contributed by atoms with Gasteiger partial charge in [0.25, 0.3) is 0 Å². The van der Waals surface area contributed by atoms with Gasteiger partial charge < -0.3 is 5.11 Å². The van der Waals surface area contributed by atoms with E-state index in [1.54, 1.807) is 11.3 Å². The van der Waals surface area contributed by atoms with Crippen molar-refractivity contribution in [1.82, 2.24) is 0 Å². The first kappa shape index (κ1) is 9.20. The summed E-state index contributed by atoms with van der Waals surface area (Å²) in [6.45, 7) is 2.01. The minimum atomic E-state index is -0.00185. The molecule has 0 bridgehead atoms. The predicted octanol–water partition coefficient (Wildman–Crippen LogP) is 2.57. The van der Waals surface area contributed by atoms with Crippen LogP contribution in [0.15, 0.2) is 17.5 Å². The predicted molar refractivity (Wildman–Crippen MR) is 57.2 cm³/mol. The molecule has 0 atom stereocenters.